The number of fused-ring (bicyclic) bond motifs is 1. The number of nitro groups is 1. The molecule has 0 unspecified atom stereocenters. The third-order valence-corrected chi connectivity index (χ3v) is 3.83. The lowest BCUT2D eigenvalue weighted by Crippen LogP contribution is -2.35. The van der Waals surface area contributed by atoms with Crippen LogP contribution in [0.1, 0.15) is 19.3 Å². The van der Waals surface area contributed by atoms with Crippen molar-refractivity contribution in [3.63, 3.8) is 0 Å². The summed E-state index contributed by atoms with van der Waals surface area (Å²) in [4.78, 5) is 22.7. The van der Waals surface area contributed by atoms with Crippen LogP contribution in [0.15, 0.2) is 12.1 Å². The first-order valence-electron chi connectivity index (χ1n) is 7.88. The zero-order valence-corrected chi connectivity index (χ0v) is 13.1. The summed E-state index contributed by atoms with van der Waals surface area (Å²) < 4.78 is 16.4. The number of urea groups is 1. The Bertz CT molecular complexity index is 630. The molecule has 1 saturated heterocycles. The van der Waals surface area contributed by atoms with Crippen molar-refractivity contribution in [2.75, 3.05) is 31.7 Å². The van der Waals surface area contributed by atoms with Crippen LogP contribution in [-0.2, 0) is 4.74 Å². The number of nitrogens with one attached hydrogen (secondary N) is 2. The molecule has 0 aliphatic carbocycles. The molecule has 0 saturated carbocycles. The molecule has 9 heteroatoms. The zero-order chi connectivity index (χ0) is 16.9. The number of benzene rings is 1. The van der Waals surface area contributed by atoms with Gasteiger partial charge in [-0.25, -0.2) is 4.79 Å². The standard InChI is InChI=1S/C15H19N3O6/c19-15(16-9-10-3-1-4-22-10)17-11-7-13-14(8-12(11)18(20)21)24-6-2-5-23-13/h7-8,10H,1-6,9H2,(H2,16,17,19)/t10-/m0/s1. The van der Waals surface area contributed by atoms with Crippen molar-refractivity contribution in [2.24, 2.45) is 0 Å². The molecule has 24 heavy (non-hydrogen) atoms. The quantitative estimate of drug-likeness (QED) is 0.642. The highest BCUT2D eigenvalue weighted by Crippen LogP contribution is 2.39. The van der Waals surface area contributed by atoms with E-state index < -0.39 is 11.0 Å². The Balaban J connectivity index is 1.71. The predicted octanol–water partition coefficient (Wildman–Crippen LogP) is 2.06. The highest BCUT2D eigenvalue weighted by Gasteiger charge is 2.23. The third kappa shape index (κ3) is 3.85. The van der Waals surface area contributed by atoms with Crippen molar-refractivity contribution in [1.29, 1.82) is 0 Å². The lowest BCUT2D eigenvalue weighted by molar-refractivity contribution is -0.384. The molecule has 3 rings (SSSR count). The van der Waals surface area contributed by atoms with Crippen LogP contribution in [0.4, 0.5) is 16.2 Å². The zero-order valence-electron chi connectivity index (χ0n) is 13.1. The fourth-order valence-electron chi connectivity index (χ4n) is 2.63. The Morgan fingerprint density at radius 1 is 1.21 bits per heavy atom. The van der Waals surface area contributed by atoms with Gasteiger partial charge in [0.1, 0.15) is 5.69 Å². The van der Waals surface area contributed by atoms with Crippen molar-refractivity contribution in [3.05, 3.63) is 22.2 Å². The van der Waals surface area contributed by atoms with E-state index in [-0.39, 0.29) is 17.5 Å². The third-order valence-electron chi connectivity index (χ3n) is 3.83. The van der Waals surface area contributed by atoms with E-state index in [1.54, 1.807) is 0 Å². The number of rotatable bonds is 4. The van der Waals surface area contributed by atoms with Crippen molar-refractivity contribution in [2.45, 2.75) is 25.4 Å². The minimum atomic E-state index is -0.565. The molecule has 2 amide bonds. The highest BCUT2D eigenvalue weighted by atomic mass is 16.6. The van der Waals surface area contributed by atoms with Gasteiger partial charge >= 0.3 is 6.03 Å². The van der Waals surface area contributed by atoms with E-state index in [2.05, 4.69) is 10.6 Å². The van der Waals surface area contributed by atoms with Crippen LogP contribution >= 0.6 is 0 Å². The lowest BCUT2D eigenvalue weighted by Gasteiger charge is -2.13. The summed E-state index contributed by atoms with van der Waals surface area (Å²) in [5.41, 5.74) is -0.180. The number of hydrogen-bond donors (Lipinski definition) is 2. The Morgan fingerprint density at radius 2 is 1.96 bits per heavy atom. The number of nitro benzene ring substituents is 1. The number of ether oxygens (including phenoxy) is 3. The fourth-order valence-corrected chi connectivity index (χ4v) is 2.63. The molecule has 0 aromatic heterocycles. The average Bonchev–Trinajstić information content (AvgIpc) is 2.97. The van der Waals surface area contributed by atoms with Crippen LogP contribution in [0.3, 0.4) is 0 Å². The summed E-state index contributed by atoms with van der Waals surface area (Å²) in [6.45, 7) is 1.94. The van der Waals surface area contributed by atoms with E-state index in [9.17, 15) is 14.9 Å². The molecule has 2 aliphatic rings. The van der Waals surface area contributed by atoms with E-state index in [4.69, 9.17) is 14.2 Å². The monoisotopic (exact) mass is 337 g/mol. The second kappa shape index (κ2) is 7.35. The molecule has 2 N–H and O–H groups in total. The van der Waals surface area contributed by atoms with Crippen LogP contribution < -0.4 is 20.1 Å². The topological polar surface area (TPSA) is 112 Å². The highest BCUT2D eigenvalue weighted by molar-refractivity contribution is 5.92. The van der Waals surface area contributed by atoms with E-state index in [0.29, 0.717) is 44.3 Å². The van der Waals surface area contributed by atoms with Gasteiger partial charge in [-0.05, 0) is 12.8 Å². The number of carbonyl (C=O) groups is 1. The minimum Gasteiger partial charge on any atom is -0.489 e. The normalized spacial score (nSPS) is 19.4. The Hall–Kier alpha value is -2.55. The maximum absolute atomic E-state index is 12.0. The maximum atomic E-state index is 12.0. The summed E-state index contributed by atoms with van der Waals surface area (Å²) in [6.07, 6.45) is 2.55. The summed E-state index contributed by atoms with van der Waals surface area (Å²) >= 11 is 0. The minimum absolute atomic E-state index is 0.00508. The van der Waals surface area contributed by atoms with Gasteiger partial charge in [-0.3, -0.25) is 10.1 Å². The van der Waals surface area contributed by atoms with Crippen molar-refractivity contribution >= 4 is 17.4 Å². The van der Waals surface area contributed by atoms with Crippen LogP contribution in [-0.4, -0.2) is 43.4 Å². The Kier molecular flexibility index (Phi) is 4.99. The molecule has 0 spiro atoms. The first kappa shape index (κ1) is 16.3. The van der Waals surface area contributed by atoms with Crippen molar-refractivity contribution < 1.29 is 23.9 Å². The number of carbonyl (C=O) groups excluding carboxylic acids is 1. The van der Waals surface area contributed by atoms with E-state index in [1.807, 2.05) is 0 Å². The van der Waals surface area contributed by atoms with E-state index in [0.717, 1.165) is 12.8 Å². The van der Waals surface area contributed by atoms with Gasteiger partial charge in [0.25, 0.3) is 5.69 Å². The number of nitrogens with zero attached hydrogens (tertiary/aromatic N) is 1. The van der Waals surface area contributed by atoms with Crippen molar-refractivity contribution in [1.82, 2.24) is 5.32 Å². The fraction of sp³-hybridized carbons (Fsp3) is 0.533. The van der Waals surface area contributed by atoms with Gasteiger partial charge in [0.05, 0.1) is 30.3 Å². The summed E-state index contributed by atoms with van der Waals surface area (Å²) in [7, 11) is 0. The number of hydrogen-bond acceptors (Lipinski definition) is 6. The molecule has 0 bridgehead atoms. The van der Waals surface area contributed by atoms with Gasteiger partial charge in [0, 0.05) is 25.6 Å². The summed E-state index contributed by atoms with van der Waals surface area (Å²) in [5, 5.41) is 16.4. The molecule has 2 heterocycles. The van der Waals surface area contributed by atoms with Gasteiger partial charge < -0.3 is 24.8 Å². The van der Waals surface area contributed by atoms with Gasteiger partial charge in [0.2, 0.25) is 0 Å². The molecular weight excluding hydrogens is 318 g/mol. The first-order chi connectivity index (χ1) is 11.6. The molecule has 1 atom stereocenters. The van der Waals surface area contributed by atoms with Gasteiger partial charge in [0.15, 0.2) is 11.5 Å². The molecule has 1 fully saturated rings. The molecule has 1 aromatic rings. The maximum Gasteiger partial charge on any atom is 0.319 e. The van der Waals surface area contributed by atoms with Crippen LogP contribution in [0.25, 0.3) is 0 Å². The Morgan fingerprint density at radius 3 is 2.62 bits per heavy atom. The van der Waals surface area contributed by atoms with Gasteiger partial charge in [-0.2, -0.15) is 0 Å². The van der Waals surface area contributed by atoms with Crippen LogP contribution in [0.5, 0.6) is 11.5 Å². The molecule has 1 aromatic carbocycles. The molecular formula is C15H19N3O6. The number of amides is 2. The average molecular weight is 337 g/mol. The van der Waals surface area contributed by atoms with Crippen LogP contribution in [0, 0.1) is 10.1 Å². The summed E-state index contributed by atoms with van der Waals surface area (Å²) in [5.74, 6) is 0.692. The van der Waals surface area contributed by atoms with Crippen molar-refractivity contribution in [3.8, 4) is 11.5 Å². The van der Waals surface area contributed by atoms with E-state index >= 15 is 0 Å². The molecule has 2 aliphatic heterocycles. The molecule has 130 valence electrons. The smallest absolute Gasteiger partial charge is 0.319 e. The summed E-state index contributed by atoms with van der Waals surface area (Å²) in [6, 6.07) is 2.17. The van der Waals surface area contributed by atoms with Gasteiger partial charge in [-0.1, -0.05) is 0 Å². The SMILES string of the molecule is O=C(NC[C@@H]1CCCO1)Nc1cc2c(cc1[N+](=O)[O-])OCCCO2. The number of anilines is 1. The predicted molar refractivity (Wildman–Crippen MR) is 84.7 cm³/mol. The van der Waals surface area contributed by atoms with Gasteiger partial charge in [-0.15, -0.1) is 0 Å². The molecule has 9 nitrogen and oxygen atoms in total. The Labute approximate surface area is 138 Å². The lowest BCUT2D eigenvalue weighted by atomic mass is 10.2. The van der Waals surface area contributed by atoms with Crippen LogP contribution in [0.2, 0.25) is 0 Å². The second-order valence-electron chi connectivity index (χ2n) is 5.59. The second-order valence-corrected chi connectivity index (χ2v) is 5.59. The van der Waals surface area contributed by atoms with E-state index in [1.165, 1.54) is 12.1 Å². The molecule has 0 radical (unpaired) electrons. The largest absolute Gasteiger partial charge is 0.489 e. The first-order valence-corrected chi connectivity index (χ1v) is 7.88.